The van der Waals surface area contributed by atoms with Crippen molar-refractivity contribution in [3.8, 4) is 0 Å². The Hall–Kier alpha value is -2.30. The zero-order valence-corrected chi connectivity index (χ0v) is 20.2. The monoisotopic (exact) mass is 444 g/mol. The number of carbonyl (C=O) groups excluding carboxylic acids is 4. The van der Waals surface area contributed by atoms with Crippen molar-refractivity contribution in [2.45, 2.75) is 92.2 Å². The molecule has 4 atom stereocenters. The number of urea groups is 2. The second-order valence-corrected chi connectivity index (χ2v) is 12.6. The van der Waals surface area contributed by atoms with Gasteiger partial charge in [-0.3, -0.25) is 0 Å². The lowest BCUT2D eigenvalue weighted by atomic mass is 9.62. The predicted molar refractivity (Wildman–Crippen MR) is 120 cm³/mol. The molecule has 2 saturated carbocycles. The van der Waals surface area contributed by atoms with Crippen LogP contribution in [0.2, 0.25) is 0 Å². The van der Waals surface area contributed by atoms with Gasteiger partial charge in [-0.15, -0.1) is 0 Å². The number of aliphatic imine (C=N–C) groups is 2. The van der Waals surface area contributed by atoms with Gasteiger partial charge in [0.05, 0.1) is 12.6 Å². The first kappa shape index (κ1) is 24.3. The van der Waals surface area contributed by atoms with Crippen molar-refractivity contribution < 1.29 is 19.2 Å². The second-order valence-electron chi connectivity index (χ2n) is 12.6. The van der Waals surface area contributed by atoms with Gasteiger partial charge < -0.3 is 0 Å². The average Bonchev–Trinajstić information content (AvgIpc) is 2.62. The van der Waals surface area contributed by atoms with Crippen LogP contribution in [0.25, 0.3) is 0 Å². The molecule has 0 radical (unpaired) electrons. The van der Waals surface area contributed by atoms with Gasteiger partial charge in [-0.1, -0.05) is 41.5 Å². The second kappa shape index (κ2) is 8.24. The fourth-order valence-corrected chi connectivity index (χ4v) is 7.18. The molecule has 1 saturated heterocycles. The van der Waals surface area contributed by atoms with Crippen molar-refractivity contribution in [3.63, 3.8) is 0 Å². The fourth-order valence-electron chi connectivity index (χ4n) is 7.18. The van der Waals surface area contributed by atoms with Gasteiger partial charge in [0.2, 0.25) is 12.2 Å². The highest BCUT2D eigenvalue weighted by molar-refractivity contribution is 6.12. The van der Waals surface area contributed by atoms with E-state index in [-0.39, 0.29) is 45.8 Å². The largest absolute Gasteiger partial charge is 0.336 e. The Morgan fingerprint density at radius 2 is 1.44 bits per heavy atom. The number of rotatable bonds is 6. The number of hydrogen-bond donors (Lipinski definition) is 0. The van der Waals surface area contributed by atoms with Crippen molar-refractivity contribution in [2.75, 3.05) is 13.1 Å². The number of imide groups is 2. The molecule has 0 bridgehead atoms. The van der Waals surface area contributed by atoms with E-state index in [9.17, 15) is 19.2 Å². The SMILES string of the molecule is CC1(C)CC(N2C(=O)N(CC3(C)CC(N=C=O)CC(C)(C)C3)C2=O)CC(C)(CN=C=O)C1. The lowest BCUT2D eigenvalue weighted by Gasteiger charge is -2.54. The molecule has 0 spiro atoms. The molecule has 4 amide bonds. The van der Waals surface area contributed by atoms with Crippen LogP contribution in [0.5, 0.6) is 0 Å². The van der Waals surface area contributed by atoms with Crippen LogP contribution in [-0.4, -0.2) is 59.2 Å². The molecule has 1 aliphatic heterocycles. The minimum absolute atomic E-state index is 0.0387. The predicted octanol–water partition coefficient (Wildman–Crippen LogP) is 4.69. The molecule has 8 heteroatoms. The van der Waals surface area contributed by atoms with E-state index in [2.05, 4.69) is 51.5 Å². The van der Waals surface area contributed by atoms with Crippen LogP contribution in [0.15, 0.2) is 9.98 Å². The minimum atomic E-state index is -0.302. The third-order valence-corrected chi connectivity index (χ3v) is 7.38. The molecular weight excluding hydrogens is 408 g/mol. The molecule has 3 rings (SSSR count). The number of nitrogens with zero attached hydrogens (tertiary/aromatic N) is 4. The van der Waals surface area contributed by atoms with Crippen LogP contribution < -0.4 is 0 Å². The van der Waals surface area contributed by atoms with Gasteiger partial charge in [0.25, 0.3) is 0 Å². The van der Waals surface area contributed by atoms with E-state index in [1.54, 1.807) is 12.2 Å². The molecule has 2 aliphatic carbocycles. The maximum atomic E-state index is 13.2. The van der Waals surface area contributed by atoms with E-state index in [4.69, 9.17) is 0 Å². The van der Waals surface area contributed by atoms with E-state index in [1.165, 1.54) is 9.80 Å². The van der Waals surface area contributed by atoms with Crippen LogP contribution >= 0.6 is 0 Å². The summed E-state index contributed by atoms with van der Waals surface area (Å²) in [6.07, 6.45) is 7.83. The third kappa shape index (κ3) is 5.02. The molecule has 32 heavy (non-hydrogen) atoms. The van der Waals surface area contributed by atoms with Gasteiger partial charge in [0.15, 0.2) is 0 Å². The molecular formula is C24H36N4O4. The zero-order valence-electron chi connectivity index (χ0n) is 20.2. The van der Waals surface area contributed by atoms with Gasteiger partial charge in [-0.05, 0) is 60.2 Å². The Morgan fingerprint density at radius 3 is 2.03 bits per heavy atom. The highest BCUT2D eigenvalue weighted by atomic mass is 16.2. The molecule has 1 heterocycles. The molecule has 0 aromatic rings. The van der Waals surface area contributed by atoms with Crippen molar-refractivity contribution in [3.05, 3.63) is 0 Å². The smallest absolute Gasteiger partial charge is 0.247 e. The Morgan fingerprint density at radius 1 is 0.844 bits per heavy atom. The summed E-state index contributed by atoms with van der Waals surface area (Å²) in [5.41, 5.74) is -0.674. The first-order valence-electron chi connectivity index (χ1n) is 11.5. The highest BCUT2D eigenvalue weighted by Gasteiger charge is 2.55. The quantitative estimate of drug-likeness (QED) is 0.438. The molecule has 0 N–H and O–H groups in total. The van der Waals surface area contributed by atoms with Crippen LogP contribution in [0.4, 0.5) is 9.59 Å². The van der Waals surface area contributed by atoms with E-state index >= 15 is 0 Å². The number of hydrogen-bond acceptors (Lipinski definition) is 6. The van der Waals surface area contributed by atoms with Crippen molar-refractivity contribution in [1.29, 1.82) is 0 Å². The summed E-state index contributed by atoms with van der Waals surface area (Å²) in [7, 11) is 0. The van der Waals surface area contributed by atoms with E-state index < -0.39 is 0 Å². The van der Waals surface area contributed by atoms with E-state index in [1.807, 2.05) is 0 Å². The number of carbonyl (C=O) groups is 2. The van der Waals surface area contributed by atoms with Crippen LogP contribution in [0, 0.1) is 21.7 Å². The molecule has 176 valence electrons. The molecule has 0 aromatic heterocycles. The van der Waals surface area contributed by atoms with Crippen molar-refractivity contribution in [1.82, 2.24) is 9.80 Å². The van der Waals surface area contributed by atoms with Gasteiger partial charge in [-0.25, -0.2) is 39.0 Å². The summed E-state index contributed by atoms with van der Waals surface area (Å²) < 4.78 is 0. The Balaban J connectivity index is 1.74. The van der Waals surface area contributed by atoms with E-state index in [0.29, 0.717) is 25.9 Å². The molecule has 3 aliphatic rings. The standard InChI is InChI=1S/C24H36N4O4/c1-21(2)7-17(26-16-30)8-24(6,12-21)14-27-19(31)28(20(27)32)18-9-22(3,4)11-23(5,10-18)13-25-15-29/h17-18H,7-14H2,1-6H3. The first-order chi connectivity index (χ1) is 14.7. The molecule has 4 unspecified atom stereocenters. The average molecular weight is 445 g/mol. The molecule has 3 fully saturated rings. The summed E-state index contributed by atoms with van der Waals surface area (Å²) in [5, 5.41) is 0. The summed E-state index contributed by atoms with van der Waals surface area (Å²) >= 11 is 0. The Labute approximate surface area is 190 Å². The van der Waals surface area contributed by atoms with Gasteiger partial charge in [-0.2, -0.15) is 0 Å². The Kier molecular flexibility index (Phi) is 6.27. The normalized spacial score (nSPS) is 36.1. The summed E-state index contributed by atoms with van der Waals surface area (Å²) in [6, 6.07) is -0.843. The molecule has 0 aromatic carbocycles. The lowest BCUT2D eigenvalue weighted by molar-refractivity contribution is -0.000217. The highest BCUT2D eigenvalue weighted by Crippen LogP contribution is 2.50. The van der Waals surface area contributed by atoms with Crippen molar-refractivity contribution in [2.24, 2.45) is 31.6 Å². The Bertz CT molecular complexity index is 870. The third-order valence-electron chi connectivity index (χ3n) is 7.38. The fraction of sp³-hybridized carbons (Fsp3) is 0.833. The minimum Gasteiger partial charge on any atom is -0.247 e. The topological polar surface area (TPSA) is 99.5 Å². The van der Waals surface area contributed by atoms with Crippen LogP contribution in [0.3, 0.4) is 0 Å². The van der Waals surface area contributed by atoms with Gasteiger partial charge >= 0.3 is 12.1 Å². The number of amides is 4. The number of isocyanates is 2. The zero-order chi connectivity index (χ0) is 23.9. The van der Waals surface area contributed by atoms with Crippen LogP contribution in [0.1, 0.15) is 80.1 Å². The van der Waals surface area contributed by atoms with Gasteiger partial charge in [0, 0.05) is 12.6 Å². The van der Waals surface area contributed by atoms with Crippen molar-refractivity contribution >= 4 is 24.2 Å². The maximum absolute atomic E-state index is 13.2. The summed E-state index contributed by atoms with van der Waals surface area (Å²) in [6.45, 7) is 13.4. The maximum Gasteiger partial charge on any atom is 0.336 e. The van der Waals surface area contributed by atoms with Gasteiger partial charge in [0.1, 0.15) is 0 Å². The molecule has 8 nitrogen and oxygen atoms in total. The lowest BCUT2D eigenvalue weighted by Crippen LogP contribution is -2.70. The van der Waals surface area contributed by atoms with Crippen LogP contribution in [-0.2, 0) is 9.59 Å². The van der Waals surface area contributed by atoms with E-state index in [0.717, 1.165) is 25.7 Å². The summed E-state index contributed by atoms with van der Waals surface area (Å²) in [4.78, 5) is 58.3. The first-order valence-corrected chi connectivity index (χ1v) is 11.5. The summed E-state index contributed by atoms with van der Waals surface area (Å²) in [5.74, 6) is 0.